The molecule has 1 unspecified atom stereocenters. The predicted molar refractivity (Wildman–Crippen MR) is 104 cm³/mol. The molecule has 2 rings (SSSR count). The van der Waals surface area contributed by atoms with Crippen molar-refractivity contribution in [1.29, 1.82) is 0 Å². The van der Waals surface area contributed by atoms with Crippen molar-refractivity contribution in [1.82, 2.24) is 20.1 Å². The van der Waals surface area contributed by atoms with Gasteiger partial charge in [0.1, 0.15) is 0 Å². The fraction of sp³-hybridized carbons (Fsp3) is 0.444. The molecule has 0 bridgehead atoms. The van der Waals surface area contributed by atoms with E-state index < -0.39 is 6.04 Å². The van der Waals surface area contributed by atoms with Gasteiger partial charge in [0.15, 0.2) is 16.8 Å². The van der Waals surface area contributed by atoms with E-state index in [-0.39, 0.29) is 23.4 Å². The Morgan fingerprint density at radius 2 is 1.88 bits per heavy atom. The third-order valence-electron chi connectivity index (χ3n) is 3.89. The number of hydrogen-bond acceptors (Lipinski definition) is 5. The SMILES string of the molecule is CCn1c(SCC(=O)NC(C(C)=O)C(C)C)nnc1-c1ccc(Cl)cc1. The number of aromatic nitrogens is 3. The number of rotatable bonds is 8. The number of ketones is 1. The van der Waals surface area contributed by atoms with Crippen LogP contribution in [0.3, 0.4) is 0 Å². The maximum atomic E-state index is 12.2. The summed E-state index contributed by atoms with van der Waals surface area (Å²) < 4.78 is 1.95. The molecular formula is C18H23ClN4O2S. The first-order valence-corrected chi connectivity index (χ1v) is 9.81. The van der Waals surface area contributed by atoms with Crippen LogP contribution in [-0.2, 0) is 16.1 Å². The van der Waals surface area contributed by atoms with Gasteiger partial charge in [-0.2, -0.15) is 0 Å². The Bertz CT molecular complexity index is 774. The highest BCUT2D eigenvalue weighted by Crippen LogP contribution is 2.25. The van der Waals surface area contributed by atoms with Crippen LogP contribution in [0.5, 0.6) is 0 Å². The number of thioether (sulfide) groups is 1. The van der Waals surface area contributed by atoms with Crippen LogP contribution in [0, 0.1) is 5.92 Å². The summed E-state index contributed by atoms with van der Waals surface area (Å²) in [6.07, 6.45) is 0. The molecule has 1 amide bonds. The Morgan fingerprint density at radius 3 is 2.42 bits per heavy atom. The van der Waals surface area contributed by atoms with Gasteiger partial charge in [0.2, 0.25) is 5.91 Å². The van der Waals surface area contributed by atoms with Gasteiger partial charge in [-0.05, 0) is 44.0 Å². The van der Waals surface area contributed by atoms with E-state index in [0.29, 0.717) is 16.7 Å². The van der Waals surface area contributed by atoms with Crippen molar-refractivity contribution in [2.75, 3.05) is 5.75 Å². The van der Waals surface area contributed by atoms with E-state index >= 15 is 0 Å². The maximum Gasteiger partial charge on any atom is 0.231 e. The summed E-state index contributed by atoms with van der Waals surface area (Å²) >= 11 is 7.24. The molecule has 26 heavy (non-hydrogen) atoms. The van der Waals surface area contributed by atoms with E-state index in [9.17, 15) is 9.59 Å². The van der Waals surface area contributed by atoms with Gasteiger partial charge in [0, 0.05) is 17.1 Å². The second-order valence-electron chi connectivity index (χ2n) is 6.25. The molecule has 0 aliphatic rings. The lowest BCUT2D eigenvalue weighted by atomic mass is 10.0. The smallest absolute Gasteiger partial charge is 0.231 e. The Labute approximate surface area is 162 Å². The van der Waals surface area contributed by atoms with Gasteiger partial charge in [-0.3, -0.25) is 9.59 Å². The highest BCUT2D eigenvalue weighted by Gasteiger charge is 2.21. The molecule has 1 N–H and O–H groups in total. The number of carbonyl (C=O) groups is 2. The predicted octanol–water partition coefficient (Wildman–Crippen LogP) is 3.44. The summed E-state index contributed by atoms with van der Waals surface area (Å²) in [6, 6.07) is 6.93. The van der Waals surface area contributed by atoms with Crippen molar-refractivity contribution in [2.24, 2.45) is 5.92 Å². The van der Waals surface area contributed by atoms with Crippen LogP contribution in [-0.4, -0.2) is 38.2 Å². The van der Waals surface area contributed by atoms with Crippen molar-refractivity contribution in [3.05, 3.63) is 29.3 Å². The van der Waals surface area contributed by atoms with Gasteiger partial charge in [-0.25, -0.2) is 0 Å². The summed E-state index contributed by atoms with van der Waals surface area (Å²) in [7, 11) is 0. The van der Waals surface area contributed by atoms with E-state index in [4.69, 9.17) is 11.6 Å². The number of Topliss-reactive ketones (excluding diaryl/α,β-unsaturated/α-hetero) is 1. The fourth-order valence-corrected chi connectivity index (χ4v) is 3.52. The number of hydrogen-bond donors (Lipinski definition) is 1. The molecule has 0 radical (unpaired) electrons. The molecular weight excluding hydrogens is 372 g/mol. The van der Waals surface area contributed by atoms with Crippen molar-refractivity contribution < 1.29 is 9.59 Å². The van der Waals surface area contributed by atoms with E-state index in [0.717, 1.165) is 11.4 Å². The third-order valence-corrected chi connectivity index (χ3v) is 5.11. The van der Waals surface area contributed by atoms with Crippen LogP contribution >= 0.6 is 23.4 Å². The normalized spacial score (nSPS) is 12.2. The number of nitrogens with one attached hydrogen (secondary N) is 1. The standard InChI is InChI=1S/C18H23ClN4O2S/c1-5-23-17(13-6-8-14(19)9-7-13)21-22-18(23)26-10-15(25)20-16(11(2)3)12(4)24/h6-9,11,16H,5,10H2,1-4H3,(H,20,25). The van der Waals surface area contributed by atoms with Gasteiger partial charge >= 0.3 is 0 Å². The topological polar surface area (TPSA) is 76.9 Å². The molecule has 2 aromatic rings. The van der Waals surface area contributed by atoms with Crippen LogP contribution in [0.15, 0.2) is 29.4 Å². The summed E-state index contributed by atoms with van der Waals surface area (Å²) in [5.74, 6) is 0.728. The molecule has 1 aromatic carbocycles. The first-order valence-electron chi connectivity index (χ1n) is 8.45. The largest absolute Gasteiger partial charge is 0.345 e. The molecule has 0 saturated carbocycles. The molecule has 1 aromatic heterocycles. The highest BCUT2D eigenvalue weighted by molar-refractivity contribution is 7.99. The van der Waals surface area contributed by atoms with Crippen LogP contribution in [0.1, 0.15) is 27.7 Å². The lowest BCUT2D eigenvalue weighted by Crippen LogP contribution is -2.44. The van der Waals surface area contributed by atoms with Crippen molar-refractivity contribution in [2.45, 2.75) is 45.4 Å². The van der Waals surface area contributed by atoms with E-state index in [2.05, 4.69) is 15.5 Å². The highest BCUT2D eigenvalue weighted by atomic mass is 35.5. The van der Waals surface area contributed by atoms with Gasteiger partial charge in [0.05, 0.1) is 11.8 Å². The Hall–Kier alpha value is -1.86. The van der Waals surface area contributed by atoms with Crippen LogP contribution in [0.4, 0.5) is 0 Å². The molecule has 0 fully saturated rings. The first kappa shape index (κ1) is 20.5. The van der Waals surface area contributed by atoms with Gasteiger partial charge < -0.3 is 9.88 Å². The van der Waals surface area contributed by atoms with Gasteiger partial charge in [0.25, 0.3) is 0 Å². The third kappa shape index (κ3) is 5.08. The van der Waals surface area contributed by atoms with Gasteiger partial charge in [-0.15, -0.1) is 10.2 Å². The van der Waals surface area contributed by atoms with Crippen LogP contribution in [0.2, 0.25) is 5.02 Å². The minimum absolute atomic E-state index is 0.0416. The second kappa shape index (κ2) is 9.19. The zero-order valence-corrected chi connectivity index (χ0v) is 16.9. The van der Waals surface area contributed by atoms with Crippen molar-refractivity contribution in [3.8, 4) is 11.4 Å². The second-order valence-corrected chi connectivity index (χ2v) is 7.62. The Kier molecular flexibility index (Phi) is 7.23. The van der Waals surface area contributed by atoms with Crippen LogP contribution < -0.4 is 5.32 Å². The molecule has 1 atom stereocenters. The van der Waals surface area contributed by atoms with Crippen molar-refractivity contribution in [3.63, 3.8) is 0 Å². The summed E-state index contributed by atoms with van der Waals surface area (Å²) in [6.45, 7) is 7.98. The minimum atomic E-state index is -0.461. The quantitative estimate of drug-likeness (QED) is 0.694. The average molecular weight is 395 g/mol. The minimum Gasteiger partial charge on any atom is -0.345 e. The summed E-state index contributed by atoms with van der Waals surface area (Å²) in [5, 5.41) is 12.6. The van der Waals surface area contributed by atoms with Gasteiger partial charge in [-0.1, -0.05) is 37.2 Å². The molecule has 140 valence electrons. The zero-order chi connectivity index (χ0) is 19.3. The lowest BCUT2D eigenvalue weighted by Gasteiger charge is -2.19. The zero-order valence-electron chi connectivity index (χ0n) is 15.3. The van der Waals surface area contributed by atoms with E-state index in [1.165, 1.54) is 18.7 Å². The molecule has 6 nitrogen and oxygen atoms in total. The number of halogens is 1. The summed E-state index contributed by atoms with van der Waals surface area (Å²) in [5.41, 5.74) is 0.913. The first-order chi connectivity index (χ1) is 12.3. The Balaban J connectivity index is 2.07. The van der Waals surface area contributed by atoms with Crippen molar-refractivity contribution >= 4 is 35.1 Å². The molecule has 1 heterocycles. The van der Waals surface area contributed by atoms with E-state index in [1.807, 2.05) is 37.5 Å². The fourth-order valence-electron chi connectivity index (χ4n) is 2.58. The maximum absolute atomic E-state index is 12.2. The lowest BCUT2D eigenvalue weighted by molar-refractivity contribution is -0.126. The summed E-state index contributed by atoms with van der Waals surface area (Å²) in [4.78, 5) is 23.8. The molecule has 0 spiro atoms. The number of amides is 1. The number of benzene rings is 1. The Morgan fingerprint density at radius 1 is 1.23 bits per heavy atom. The average Bonchev–Trinajstić information content (AvgIpc) is 3.00. The number of carbonyl (C=O) groups excluding carboxylic acids is 2. The monoisotopic (exact) mass is 394 g/mol. The molecule has 0 saturated heterocycles. The molecule has 0 aliphatic carbocycles. The van der Waals surface area contributed by atoms with E-state index in [1.54, 1.807) is 12.1 Å². The molecule has 8 heteroatoms. The van der Waals surface area contributed by atoms with Crippen LogP contribution in [0.25, 0.3) is 11.4 Å². The number of nitrogens with zero attached hydrogens (tertiary/aromatic N) is 3. The molecule has 0 aliphatic heterocycles.